The minimum atomic E-state index is 0.262. The molecule has 8 aromatic carbocycles. The van der Waals surface area contributed by atoms with E-state index in [0.717, 1.165) is 124 Å². The highest BCUT2D eigenvalue weighted by molar-refractivity contribution is 5.80. The molecule has 96 heavy (non-hydrogen) atoms. The van der Waals surface area contributed by atoms with Crippen molar-refractivity contribution in [2.75, 3.05) is 0 Å². The topological polar surface area (TPSA) is 116 Å². The quantitative estimate of drug-likeness (QED) is 0.105. The lowest BCUT2D eigenvalue weighted by molar-refractivity contribution is 0.766. The van der Waals surface area contributed by atoms with E-state index >= 15 is 0 Å². The molecule has 9 nitrogen and oxygen atoms in total. The highest BCUT2D eigenvalue weighted by Gasteiger charge is 2.18. The Labute approximate surface area is 566 Å². The van der Waals surface area contributed by atoms with Crippen molar-refractivity contribution in [3.05, 3.63) is 332 Å². The van der Waals surface area contributed by atoms with E-state index in [1.165, 1.54) is 11.1 Å². The van der Waals surface area contributed by atoms with Gasteiger partial charge in [0.25, 0.3) is 0 Å². The number of rotatable bonds is 14. The number of hydrogen-bond donors (Lipinski definition) is 0. The Hall–Kier alpha value is -11.6. The van der Waals surface area contributed by atoms with Gasteiger partial charge < -0.3 is 0 Å². The summed E-state index contributed by atoms with van der Waals surface area (Å²) in [5.74, 6) is 4.67. The van der Waals surface area contributed by atoms with Crippen LogP contribution in [0.1, 0.15) is 102 Å². The molecule has 0 aliphatic carbocycles. The van der Waals surface area contributed by atoms with Gasteiger partial charge in [-0.25, -0.2) is 39.9 Å². The van der Waals surface area contributed by atoms with Crippen molar-refractivity contribution in [3.8, 4) is 113 Å². The molecule has 0 N–H and O–H groups in total. The Balaban J connectivity index is 0.000000152. The minimum Gasteiger partial charge on any atom is -0.265 e. The molecule has 14 aromatic rings. The van der Waals surface area contributed by atoms with Gasteiger partial charge in [0.05, 0.1) is 45.6 Å². The predicted molar refractivity (Wildman–Crippen MR) is 397 cm³/mol. The van der Waals surface area contributed by atoms with Crippen LogP contribution in [-0.4, -0.2) is 44.9 Å². The lowest BCUT2D eigenvalue weighted by Gasteiger charge is -2.15. The SMILES string of the molecule is CC(C)c1cc(-c2cc(-c3ccccc3)nc(-c3ccccc3)c2)nc(-c2cc(-c3ccccc3)nc(-c3ccccc3)c2)c1.CC(C)c1ccncc1.CC(C)c1nc(-c2ccccc2)cc(-c2ccccc2)n1.CC(C)c1nc(-c2ccccc2)nc(-c2ccccc2)n1. The lowest BCUT2D eigenvalue weighted by atomic mass is 9.96. The maximum absolute atomic E-state index is 5.34. The zero-order chi connectivity index (χ0) is 66.6. The first-order chi connectivity index (χ1) is 46.9. The third kappa shape index (κ3) is 17.6. The van der Waals surface area contributed by atoms with Gasteiger partial charge in [-0.15, -0.1) is 0 Å². The summed E-state index contributed by atoms with van der Waals surface area (Å²) in [7, 11) is 0. The average Bonchev–Trinajstić information content (AvgIpc) is 0.915. The summed E-state index contributed by atoms with van der Waals surface area (Å²) in [6.45, 7) is 17.3. The molecule has 6 heterocycles. The molecule has 0 saturated carbocycles. The molecule has 0 saturated heterocycles. The molecular formula is C87H79N9. The molecule has 0 atom stereocenters. The fraction of sp³-hybridized carbons (Fsp3) is 0.138. The molecule has 0 fully saturated rings. The summed E-state index contributed by atoms with van der Waals surface area (Å²) in [6.07, 6.45) is 3.66. The van der Waals surface area contributed by atoms with E-state index in [2.05, 4.69) is 239 Å². The van der Waals surface area contributed by atoms with Gasteiger partial charge in [0.2, 0.25) is 0 Å². The molecule has 6 aromatic heterocycles. The zero-order valence-electron chi connectivity index (χ0n) is 55.8. The summed E-state index contributed by atoms with van der Waals surface area (Å²) < 4.78 is 0. The molecule has 0 radical (unpaired) electrons. The van der Waals surface area contributed by atoms with Crippen LogP contribution in [0.15, 0.2) is 310 Å². The van der Waals surface area contributed by atoms with Crippen LogP contribution < -0.4 is 0 Å². The van der Waals surface area contributed by atoms with Crippen molar-refractivity contribution in [3.63, 3.8) is 0 Å². The summed E-state index contributed by atoms with van der Waals surface area (Å²) in [5.41, 5.74) is 20.7. The molecule has 0 bridgehead atoms. The largest absolute Gasteiger partial charge is 0.265 e. The van der Waals surface area contributed by atoms with E-state index in [1.54, 1.807) is 0 Å². The molecular weight excluding hydrogens is 1170 g/mol. The summed E-state index contributed by atoms with van der Waals surface area (Å²) >= 11 is 0. The molecule has 9 heteroatoms. The fourth-order valence-corrected chi connectivity index (χ4v) is 10.6. The number of pyridine rings is 4. The molecule has 0 unspecified atom stereocenters. The normalized spacial score (nSPS) is 10.9. The predicted octanol–water partition coefficient (Wildman–Crippen LogP) is 22.5. The van der Waals surface area contributed by atoms with Crippen LogP contribution in [0.2, 0.25) is 0 Å². The van der Waals surface area contributed by atoms with Crippen LogP contribution in [0.25, 0.3) is 113 Å². The number of hydrogen-bond acceptors (Lipinski definition) is 9. The lowest BCUT2D eigenvalue weighted by Crippen LogP contribution is -2.04. The zero-order valence-corrected chi connectivity index (χ0v) is 55.8. The van der Waals surface area contributed by atoms with Crippen molar-refractivity contribution >= 4 is 0 Å². The van der Waals surface area contributed by atoms with Gasteiger partial charge in [-0.1, -0.05) is 298 Å². The maximum atomic E-state index is 5.34. The molecule has 14 rings (SSSR count). The highest BCUT2D eigenvalue weighted by Crippen LogP contribution is 2.36. The number of benzene rings is 8. The molecule has 0 aliphatic rings. The first kappa shape index (κ1) is 65.9. The van der Waals surface area contributed by atoms with Gasteiger partial charge in [-0.2, -0.15) is 0 Å². The average molecular weight is 1250 g/mol. The maximum Gasteiger partial charge on any atom is 0.163 e. The fourth-order valence-electron chi connectivity index (χ4n) is 10.6. The van der Waals surface area contributed by atoms with Gasteiger partial charge >= 0.3 is 0 Å². The molecule has 0 aliphatic heterocycles. The molecule has 472 valence electrons. The second kappa shape index (κ2) is 32.3. The van der Waals surface area contributed by atoms with Crippen LogP contribution in [0.5, 0.6) is 0 Å². The monoisotopic (exact) mass is 1250 g/mol. The Morgan fingerprint density at radius 1 is 0.188 bits per heavy atom. The Morgan fingerprint density at radius 2 is 0.427 bits per heavy atom. The van der Waals surface area contributed by atoms with Crippen LogP contribution in [0, 0.1) is 0 Å². The first-order valence-corrected chi connectivity index (χ1v) is 32.9. The first-order valence-electron chi connectivity index (χ1n) is 32.9. The second-order valence-electron chi connectivity index (χ2n) is 24.6. The Kier molecular flexibility index (Phi) is 22.2. The van der Waals surface area contributed by atoms with Gasteiger partial charge in [0.1, 0.15) is 11.6 Å². The van der Waals surface area contributed by atoms with Crippen molar-refractivity contribution < 1.29 is 0 Å². The van der Waals surface area contributed by atoms with Gasteiger partial charge in [0, 0.05) is 79.9 Å². The molecule has 0 amide bonds. The van der Waals surface area contributed by atoms with E-state index in [9.17, 15) is 0 Å². The second-order valence-corrected chi connectivity index (χ2v) is 24.6. The third-order valence-corrected chi connectivity index (χ3v) is 16.0. The van der Waals surface area contributed by atoms with Crippen molar-refractivity contribution in [2.45, 2.75) is 79.1 Å². The number of aromatic nitrogens is 9. The van der Waals surface area contributed by atoms with E-state index in [0.29, 0.717) is 17.8 Å². The van der Waals surface area contributed by atoms with E-state index in [-0.39, 0.29) is 5.92 Å². The van der Waals surface area contributed by atoms with Crippen molar-refractivity contribution in [1.82, 2.24) is 44.9 Å². The van der Waals surface area contributed by atoms with Crippen LogP contribution in [0.3, 0.4) is 0 Å². The van der Waals surface area contributed by atoms with Crippen LogP contribution in [-0.2, 0) is 0 Å². The highest BCUT2D eigenvalue weighted by atomic mass is 15.0. The Bertz CT molecular complexity index is 4210. The summed E-state index contributed by atoms with van der Waals surface area (Å²) in [6, 6.07) is 101. The molecule has 0 spiro atoms. The van der Waals surface area contributed by atoms with E-state index in [4.69, 9.17) is 24.9 Å². The van der Waals surface area contributed by atoms with Crippen molar-refractivity contribution in [2.24, 2.45) is 0 Å². The van der Waals surface area contributed by atoms with Gasteiger partial charge in [-0.3, -0.25) is 4.98 Å². The summed E-state index contributed by atoms with van der Waals surface area (Å²) in [4.78, 5) is 42.7. The Morgan fingerprint density at radius 3 is 0.677 bits per heavy atom. The van der Waals surface area contributed by atoms with E-state index in [1.807, 2.05) is 146 Å². The summed E-state index contributed by atoms with van der Waals surface area (Å²) in [5, 5.41) is 0. The van der Waals surface area contributed by atoms with E-state index < -0.39 is 0 Å². The standard InChI is InChI=1S/C42H33N3.C19H18N2.C18H17N3.C8H11N/c1-29(2)34-23-41(35-25-37(30-15-7-3-8-16-30)43-38(26-35)31-17-9-4-10-18-31)45-42(24-34)36-27-39(32-19-11-5-12-20-32)44-40(28-36)33-21-13-6-14-22-33;1-14(2)19-20-17(15-9-5-3-6-10-15)13-18(21-19)16-11-7-4-8-12-16;1-13(2)16-19-17(14-9-5-3-6-10-14)21-18(20-16)15-11-7-4-8-12-15;1-7(2)8-3-5-9-6-4-8/h3-29H,1-2H3;3-14H,1-2H3;3-13H,1-2H3;3-7H,1-2H3. The third-order valence-electron chi connectivity index (χ3n) is 16.0. The smallest absolute Gasteiger partial charge is 0.163 e. The van der Waals surface area contributed by atoms with Crippen LogP contribution in [0.4, 0.5) is 0 Å². The minimum absolute atomic E-state index is 0.262. The number of nitrogens with zero attached hydrogens (tertiary/aromatic N) is 9. The van der Waals surface area contributed by atoms with Crippen LogP contribution >= 0.6 is 0 Å². The van der Waals surface area contributed by atoms with Gasteiger partial charge in [-0.05, 0) is 77.6 Å². The van der Waals surface area contributed by atoms with Gasteiger partial charge in [0.15, 0.2) is 11.6 Å². The van der Waals surface area contributed by atoms with Crippen molar-refractivity contribution in [1.29, 1.82) is 0 Å².